The maximum atomic E-state index is 12.3. The van der Waals surface area contributed by atoms with Gasteiger partial charge in [-0.1, -0.05) is 0 Å². The third-order valence-corrected chi connectivity index (χ3v) is 3.29. The predicted molar refractivity (Wildman–Crippen MR) is 73.4 cm³/mol. The summed E-state index contributed by atoms with van der Waals surface area (Å²) in [6, 6.07) is 0. The molecule has 0 aromatic carbocycles. The van der Waals surface area contributed by atoms with Gasteiger partial charge in [0.25, 0.3) is 5.56 Å². The van der Waals surface area contributed by atoms with Gasteiger partial charge in [-0.3, -0.25) is 4.79 Å². The van der Waals surface area contributed by atoms with Crippen LogP contribution in [0.4, 0.5) is 18.9 Å². The molecule has 1 rings (SSSR count). The highest BCUT2D eigenvalue weighted by Crippen LogP contribution is 2.19. The van der Waals surface area contributed by atoms with Crippen molar-refractivity contribution < 1.29 is 22.6 Å². The lowest BCUT2D eigenvalue weighted by atomic mass is 10.3. The molecule has 1 N–H and O–H groups in total. The molecule has 1 aromatic rings. The van der Waals surface area contributed by atoms with Crippen LogP contribution in [0.25, 0.3) is 0 Å². The van der Waals surface area contributed by atoms with E-state index in [0.717, 1.165) is 6.20 Å². The zero-order valence-corrected chi connectivity index (χ0v) is 13.0. The average molecular weight is 374 g/mol. The highest BCUT2D eigenvalue weighted by molar-refractivity contribution is 9.10. The SMILES string of the molecule is COCC(CNc1cnn(CC(F)(F)F)c(=O)c1Br)OC. The van der Waals surface area contributed by atoms with Crippen molar-refractivity contribution in [2.45, 2.75) is 18.8 Å². The molecular formula is C11H15BrF3N3O3. The van der Waals surface area contributed by atoms with Crippen LogP contribution in [0.5, 0.6) is 0 Å². The van der Waals surface area contributed by atoms with Crippen LogP contribution < -0.4 is 10.9 Å². The lowest BCUT2D eigenvalue weighted by Crippen LogP contribution is -2.32. The van der Waals surface area contributed by atoms with Gasteiger partial charge in [-0.25, -0.2) is 4.68 Å². The van der Waals surface area contributed by atoms with Gasteiger partial charge in [0.2, 0.25) is 0 Å². The lowest BCUT2D eigenvalue weighted by Gasteiger charge is -2.16. The van der Waals surface area contributed by atoms with Crippen LogP contribution >= 0.6 is 15.9 Å². The molecule has 0 fully saturated rings. The van der Waals surface area contributed by atoms with Crippen molar-refractivity contribution in [1.82, 2.24) is 9.78 Å². The fourth-order valence-corrected chi connectivity index (χ4v) is 1.94. The molecule has 21 heavy (non-hydrogen) atoms. The summed E-state index contributed by atoms with van der Waals surface area (Å²) >= 11 is 2.97. The van der Waals surface area contributed by atoms with Gasteiger partial charge >= 0.3 is 6.18 Å². The molecule has 0 aliphatic carbocycles. The van der Waals surface area contributed by atoms with Gasteiger partial charge in [-0.05, 0) is 15.9 Å². The number of alkyl halides is 3. The maximum Gasteiger partial charge on any atom is 0.408 e. The third kappa shape index (κ3) is 5.64. The fraction of sp³-hybridized carbons (Fsp3) is 0.636. The first-order chi connectivity index (χ1) is 9.78. The van der Waals surface area contributed by atoms with Gasteiger partial charge in [-0.2, -0.15) is 18.3 Å². The Morgan fingerprint density at radius 2 is 2.14 bits per heavy atom. The molecule has 1 atom stereocenters. The molecule has 0 spiro atoms. The molecule has 10 heteroatoms. The number of hydrogen-bond acceptors (Lipinski definition) is 5. The second kappa shape index (κ2) is 7.76. The quantitative estimate of drug-likeness (QED) is 0.786. The van der Waals surface area contributed by atoms with Crippen molar-refractivity contribution in [1.29, 1.82) is 0 Å². The Labute approximate surface area is 127 Å². The minimum atomic E-state index is -4.51. The molecule has 6 nitrogen and oxygen atoms in total. The molecule has 0 aliphatic heterocycles. The number of rotatable bonds is 7. The van der Waals surface area contributed by atoms with E-state index in [1.807, 2.05) is 0 Å². The Morgan fingerprint density at radius 1 is 1.48 bits per heavy atom. The molecule has 0 aliphatic rings. The van der Waals surface area contributed by atoms with Crippen LogP contribution in [0.1, 0.15) is 0 Å². The van der Waals surface area contributed by atoms with Gasteiger partial charge in [0.05, 0.1) is 24.6 Å². The smallest absolute Gasteiger partial charge is 0.382 e. The average Bonchev–Trinajstić information content (AvgIpc) is 2.40. The van der Waals surface area contributed by atoms with E-state index in [1.165, 1.54) is 14.2 Å². The molecule has 1 unspecified atom stereocenters. The summed E-state index contributed by atoms with van der Waals surface area (Å²) in [7, 11) is 3.02. The van der Waals surface area contributed by atoms with Gasteiger partial charge in [0.1, 0.15) is 11.0 Å². The molecule has 1 heterocycles. The van der Waals surface area contributed by atoms with E-state index in [4.69, 9.17) is 9.47 Å². The standard InChI is InChI=1S/C11H15BrF3N3O3/c1-20-5-7(21-2)3-16-8-4-17-18(6-11(13,14)15)10(19)9(8)12/h4,7,16H,3,5-6H2,1-2H3. The Hall–Kier alpha value is -1.13. The van der Waals surface area contributed by atoms with Crippen LogP contribution in [0.3, 0.4) is 0 Å². The largest absolute Gasteiger partial charge is 0.408 e. The molecule has 0 amide bonds. The Balaban J connectivity index is 2.82. The molecule has 0 radical (unpaired) electrons. The minimum Gasteiger partial charge on any atom is -0.382 e. The number of halogens is 4. The number of anilines is 1. The third-order valence-electron chi connectivity index (χ3n) is 2.52. The predicted octanol–water partition coefficient (Wildman–Crippen LogP) is 1.64. The van der Waals surface area contributed by atoms with Crippen LogP contribution in [-0.2, 0) is 16.0 Å². The van der Waals surface area contributed by atoms with Crippen molar-refractivity contribution in [3.05, 3.63) is 21.0 Å². The van der Waals surface area contributed by atoms with Crippen molar-refractivity contribution >= 4 is 21.6 Å². The maximum absolute atomic E-state index is 12.3. The molecule has 0 saturated carbocycles. The van der Waals surface area contributed by atoms with E-state index in [2.05, 4.69) is 26.3 Å². The fourth-order valence-electron chi connectivity index (χ4n) is 1.49. The first kappa shape index (κ1) is 17.9. The molecule has 1 aromatic heterocycles. The molecule has 0 saturated heterocycles. The Morgan fingerprint density at radius 3 is 2.67 bits per heavy atom. The van der Waals surface area contributed by atoms with Gasteiger partial charge in [-0.15, -0.1) is 0 Å². The van der Waals surface area contributed by atoms with Crippen LogP contribution in [-0.4, -0.2) is 49.4 Å². The van der Waals surface area contributed by atoms with E-state index in [0.29, 0.717) is 17.8 Å². The van der Waals surface area contributed by atoms with Crippen molar-refractivity contribution in [3.8, 4) is 0 Å². The second-order valence-electron chi connectivity index (χ2n) is 4.14. The van der Waals surface area contributed by atoms with Crippen molar-refractivity contribution in [2.24, 2.45) is 0 Å². The van der Waals surface area contributed by atoms with Crippen LogP contribution in [0.2, 0.25) is 0 Å². The van der Waals surface area contributed by atoms with E-state index in [-0.39, 0.29) is 16.3 Å². The van der Waals surface area contributed by atoms with Gasteiger partial charge in [0.15, 0.2) is 0 Å². The van der Waals surface area contributed by atoms with Crippen LogP contribution in [0.15, 0.2) is 15.5 Å². The molecule has 120 valence electrons. The summed E-state index contributed by atoms with van der Waals surface area (Å²) in [4.78, 5) is 11.8. The van der Waals surface area contributed by atoms with Gasteiger partial charge < -0.3 is 14.8 Å². The second-order valence-corrected chi connectivity index (χ2v) is 4.94. The number of aromatic nitrogens is 2. The topological polar surface area (TPSA) is 65.4 Å². The lowest BCUT2D eigenvalue weighted by molar-refractivity contribution is -0.143. The van der Waals surface area contributed by atoms with E-state index >= 15 is 0 Å². The van der Waals surface area contributed by atoms with E-state index in [1.54, 1.807) is 0 Å². The Bertz CT molecular complexity index is 522. The normalized spacial score (nSPS) is 13.2. The minimum absolute atomic E-state index is 0.0194. The number of methoxy groups -OCH3 is 2. The highest BCUT2D eigenvalue weighted by Gasteiger charge is 2.29. The Kier molecular flexibility index (Phi) is 6.62. The highest BCUT2D eigenvalue weighted by atomic mass is 79.9. The number of nitrogens with zero attached hydrogens (tertiary/aromatic N) is 2. The van der Waals surface area contributed by atoms with E-state index < -0.39 is 18.3 Å². The summed E-state index contributed by atoms with van der Waals surface area (Å²) in [6.07, 6.45) is -3.62. The summed E-state index contributed by atoms with van der Waals surface area (Å²) in [6.45, 7) is -0.790. The molecular weight excluding hydrogens is 359 g/mol. The first-order valence-electron chi connectivity index (χ1n) is 5.86. The monoisotopic (exact) mass is 373 g/mol. The van der Waals surface area contributed by atoms with Crippen LogP contribution in [0, 0.1) is 0 Å². The summed E-state index contributed by atoms with van der Waals surface area (Å²) < 4.78 is 47.2. The summed E-state index contributed by atoms with van der Waals surface area (Å²) in [5.41, 5.74) is -0.574. The van der Waals surface area contributed by atoms with E-state index in [9.17, 15) is 18.0 Å². The zero-order chi connectivity index (χ0) is 16.0. The number of hydrogen-bond donors (Lipinski definition) is 1. The number of ether oxygens (including phenoxy) is 2. The zero-order valence-electron chi connectivity index (χ0n) is 11.4. The number of nitrogens with one attached hydrogen (secondary N) is 1. The first-order valence-corrected chi connectivity index (χ1v) is 6.65. The molecule has 0 bridgehead atoms. The van der Waals surface area contributed by atoms with Crippen molar-refractivity contribution in [3.63, 3.8) is 0 Å². The summed E-state index contributed by atoms with van der Waals surface area (Å²) in [5.74, 6) is 0. The summed E-state index contributed by atoms with van der Waals surface area (Å²) in [5, 5.41) is 6.36. The van der Waals surface area contributed by atoms with Crippen molar-refractivity contribution in [2.75, 3.05) is 32.7 Å². The van der Waals surface area contributed by atoms with Gasteiger partial charge in [0, 0.05) is 20.8 Å².